The molecule has 1 fully saturated rings. The van der Waals surface area contributed by atoms with Crippen LogP contribution in [-0.2, 0) is 9.59 Å². The molecule has 1 unspecified atom stereocenters. The van der Waals surface area contributed by atoms with Crippen molar-refractivity contribution < 1.29 is 33.0 Å². The SMILES string of the molecule is CC(C)(C)CN1CCCC1C(=O)O.O=C(O)C(F)(F)F. The van der Waals surface area contributed by atoms with Crippen molar-refractivity contribution in [2.75, 3.05) is 13.1 Å². The molecule has 1 rings (SSSR count). The van der Waals surface area contributed by atoms with Crippen molar-refractivity contribution in [3.63, 3.8) is 0 Å². The quantitative estimate of drug-likeness (QED) is 0.817. The number of halogens is 3. The summed E-state index contributed by atoms with van der Waals surface area (Å²) in [6.07, 6.45) is -3.25. The molecule has 0 aromatic carbocycles. The smallest absolute Gasteiger partial charge is 0.480 e. The molecular weight excluding hydrogens is 279 g/mol. The van der Waals surface area contributed by atoms with Crippen LogP contribution in [0.3, 0.4) is 0 Å². The predicted molar refractivity (Wildman–Crippen MR) is 65.4 cm³/mol. The van der Waals surface area contributed by atoms with Crippen LogP contribution in [0.15, 0.2) is 0 Å². The van der Waals surface area contributed by atoms with Gasteiger partial charge in [-0.05, 0) is 24.8 Å². The number of nitrogens with zero attached hydrogens (tertiary/aromatic N) is 1. The van der Waals surface area contributed by atoms with Crippen LogP contribution in [-0.4, -0.2) is 52.4 Å². The molecule has 1 atom stereocenters. The van der Waals surface area contributed by atoms with Gasteiger partial charge < -0.3 is 10.2 Å². The third-order valence-electron chi connectivity index (χ3n) is 2.57. The summed E-state index contributed by atoms with van der Waals surface area (Å²) in [6.45, 7) is 8.25. The molecule has 0 radical (unpaired) electrons. The number of aliphatic carboxylic acids is 2. The Morgan fingerprint density at radius 3 is 1.95 bits per heavy atom. The van der Waals surface area contributed by atoms with E-state index in [9.17, 15) is 18.0 Å². The molecule has 0 aromatic rings. The first kappa shape index (κ1) is 18.7. The van der Waals surface area contributed by atoms with E-state index in [4.69, 9.17) is 15.0 Å². The fourth-order valence-electron chi connectivity index (χ4n) is 1.90. The Balaban J connectivity index is 0.000000441. The van der Waals surface area contributed by atoms with Gasteiger partial charge in [-0.2, -0.15) is 13.2 Å². The second kappa shape index (κ2) is 6.92. The fraction of sp³-hybridized carbons (Fsp3) is 0.833. The zero-order valence-electron chi connectivity index (χ0n) is 11.7. The van der Waals surface area contributed by atoms with E-state index in [0.29, 0.717) is 0 Å². The lowest BCUT2D eigenvalue weighted by Crippen LogP contribution is -2.40. The summed E-state index contributed by atoms with van der Waals surface area (Å²) in [5.41, 5.74) is 0.192. The molecule has 1 heterocycles. The van der Waals surface area contributed by atoms with E-state index in [1.54, 1.807) is 0 Å². The minimum atomic E-state index is -5.08. The van der Waals surface area contributed by atoms with Crippen LogP contribution in [0.5, 0.6) is 0 Å². The highest BCUT2D eigenvalue weighted by molar-refractivity contribution is 5.73. The van der Waals surface area contributed by atoms with Gasteiger partial charge in [0.2, 0.25) is 0 Å². The van der Waals surface area contributed by atoms with E-state index in [0.717, 1.165) is 25.9 Å². The van der Waals surface area contributed by atoms with Gasteiger partial charge in [0.05, 0.1) is 0 Å². The number of hydrogen-bond donors (Lipinski definition) is 2. The van der Waals surface area contributed by atoms with E-state index in [-0.39, 0.29) is 11.5 Å². The molecule has 1 saturated heterocycles. The number of carbonyl (C=O) groups is 2. The van der Waals surface area contributed by atoms with Crippen molar-refractivity contribution in [1.82, 2.24) is 4.90 Å². The Morgan fingerprint density at radius 1 is 1.20 bits per heavy atom. The van der Waals surface area contributed by atoms with Crippen LogP contribution in [0.1, 0.15) is 33.6 Å². The molecule has 1 aliphatic heterocycles. The summed E-state index contributed by atoms with van der Waals surface area (Å²) in [5.74, 6) is -3.42. The van der Waals surface area contributed by atoms with Gasteiger partial charge >= 0.3 is 18.1 Å². The van der Waals surface area contributed by atoms with Gasteiger partial charge in [0.25, 0.3) is 0 Å². The molecule has 20 heavy (non-hydrogen) atoms. The van der Waals surface area contributed by atoms with E-state index in [2.05, 4.69) is 25.7 Å². The topological polar surface area (TPSA) is 77.8 Å². The summed E-state index contributed by atoms with van der Waals surface area (Å²) in [5, 5.41) is 16.1. The van der Waals surface area contributed by atoms with Gasteiger partial charge in [-0.25, -0.2) is 4.79 Å². The Bertz CT molecular complexity index is 350. The van der Waals surface area contributed by atoms with Gasteiger partial charge in [0.15, 0.2) is 0 Å². The maximum absolute atomic E-state index is 10.9. The van der Waals surface area contributed by atoms with E-state index in [1.807, 2.05) is 0 Å². The lowest BCUT2D eigenvalue weighted by Gasteiger charge is -2.29. The van der Waals surface area contributed by atoms with E-state index in [1.165, 1.54) is 0 Å². The van der Waals surface area contributed by atoms with Crippen molar-refractivity contribution in [2.45, 2.75) is 45.8 Å². The second-order valence-corrected chi connectivity index (χ2v) is 5.83. The lowest BCUT2D eigenvalue weighted by molar-refractivity contribution is -0.192. The molecule has 2 N–H and O–H groups in total. The standard InChI is InChI=1S/C10H19NO2.C2HF3O2/c1-10(2,3)7-11-6-4-5-8(11)9(12)13;3-2(4,5)1(6)7/h8H,4-7H2,1-3H3,(H,12,13);(H,6,7). The molecule has 1 aliphatic rings. The first-order valence-electron chi connectivity index (χ1n) is 6.11. The highest BCUT2D eigenvalue weighted by Crippen LogP contribution is 2.23. The highest BCUT2D eigenvalue weighted by atomic mass is 19.4. The normalized spacial score (nSPS) is 20.2. The summed E-state index contributed by atoms with van der Waals surface area (Å²) >= 11 is 0. The molecular formula is C12H20F3NO4. The minimum absolute atomic E-state index is 0.192. The van der Waals surface area contributed by atoms with E-state index < -0.39 is 18.1 Å². The van der Waals surface area contributed by atoms with Gasteiger partial charge in [0, 0.05) is 6.54 Å². The van der Waals surface area contributed by atoms with Gasteiger partial charge in [-0.3, -0.25) is 9.69 Å². The van der Waals surface area contributed by atoms with Crippen molar-refractivity contribution in [3.8, 4) is 0 Å². The summed E-state index contributed by atoms with van der Waals surface area (Å²) in [4.78, 5) is 21.8. The molecule has 0 saturated carbocycles. The molecule has 5 nitrogen and oxygen atoms in total. The van der Waals surface area contributed by atoms with Crippen LogP contribution in [0, 0.1) is 5.41 Å². The van der Waals surface area contributed by atoms with Crippen LogP contribution in [0.2, 0.25) is 0 Å². The number of likely N-dealkylation sites (tertiary alicyclic amines) is 1. The first-order chi connectivity index (χ1) is 8.84. The molecule has 0 aromatic heterocycles. The van der Waals surface area contributed by atoms with Crippen molar-refractivity contribution >= 4 is 11.9 Å². The molecule has 118 valence electrons. The zero-order chi connectivity index (χ0) is 16.1. The summed E-state index contributed by atoms with van der Waals surface area (Å²) in [7, 11) is 0. The Morgan fingerprint density at radius 2 is 1.65 bits per heavy atom. The Labute approximate surface area is 115 Å². The number of carboxylic acids is 2. The zero-order valence-corrected chi connectivity index (χ0v) is 11.7. The average molecular weight is 299 g/mol. The Kier molecular flexibility index (Phi) is 6.46. The number of hydrogen-bond acceptors (Lipinski definition) is 3. The van der Waals surface area contributed by atoms with Gasteiger partial charge in [0.1, 0.15) is 6.04 Å². The highest BCUT2D eigenvalue weighted by Gasteiger charge is 2.38. The summed E-state index contributed by atoms with van der Waals surface area (Å²) < 4.78 is 31.7. The summed E-state index contributed by atoms with van der Waals surface area (Å²) in [6, 6.07) is -0.237. The average Bonchev–Trinajstić information content (AvgIpc) is 2.62. The van der Waals surface area contributed by atoms with Crippen LogP contribution < -0.4 is 0 Å². The number of carboxylic acid groups (broad SMARTS) is 2. The molecule has 0 amide bonds. The fourth-order valence-corrected chi connectivity index (χ4v) is 1.90. The maximum Gasteiger partial charge on any atom is 0.490 e. The van der Waals surface area contributed by atoms with Crippen molar-refractivity contribution in [3.05, 3.63) is 0 Å². The molecule has 8 heteroatoms. The molecule has 0 bridgehead atoms. The number of rotatable bonds is 2. The monoisotopic (exact) mass is 299 g/mol. The minimum Gasteiger partial charge on any atom is -0.480 e. The van der Waals surface area contributed by atoms with Crippen LogP contribution in [0.4, 0.5) is 13.2 Å². The third kappa shape index (κ3) is 7.32. The Hall–Kier alpha value is -1.31. The van der Waals surface area contributed by atoms with Crippen LogP contribution >= 0.6 is 0 Å². The predicted octanol–water partition coefficient (Wildman–Crippen LogP) is 2.21. The van der Waals surface area contributed by atoms with Crippen molar-refractivity contribution in [1.29, 1.82) is 0 Å². The first-order valence-corrected chi connectivity index (χ1v) is 6.11. The maximum atomic E-state index is 10.9. The largest absolute Gasteiger partial charge is 0.490 e. The number of alkyl halides is 3. The van der Waals surface area contributed by atoms with Gasteiger partial charge in [-0.15, -0.1) is 0 Å². The molecule has 0 aliphatic carbocycles. The lowest BCUT2D eigenvalue weighted by atomic mass is 9.96. The molecule has 0 spiro atoms. The van der Waals surface area contributed by atoms with Crippen LogP contribution in [0.25, 0.3) is 0 Å². The van der Waals surface area contributed by atoms with Gasteiger partial charge in [-0.1, -0.05) is 20.8 Å². The van der Waals surface area contributed by atoms with E-state index >= 15 is 0 Å². The van der Waals surface area contributed by atoms with Crippen molar-refractivity contribution in [2.24, 2.45) is 5.41 Å². The second-order valence-electron chi connectivity index (χ2n) is 5.83. The third-order valence-corrected chi connectivity index (χ3v) is 2.57.